The smallest absolute Gasteiger partial charge is 0.295 e. The molecule has 2 heterocycles. The summed E-state index contributed by atoms with van der Waals surface area (Å²) in [6.07, 6.45) is 1.51. The molecule has 1 N–H and O–H groups in total. The normalized spacial score (nSPS) is 13.2. The number of hydrogen-bond donors (Lipinski definition) is 1. The number of nitrogens with zero attached hydrogens (tertiary/aromatic N) is 5. The van der Waals surface area contributed by atoms with Crippen LogP contribution in [0.25, 0.3) is 21.3 Å². The summed E-state index contributed by atoms with van der Waals surface area (Å²) < 4.78 is 17.2. The van der Waals surface area contributed by atoms with Crippen molar-refractivity contribution in [2.24, 2.45) is 5.11 Å². The van der Waals surface area contributed by atoms with Gasteiger partial charge in [-0.2, -0.15) is 0 Å². The minimum Gasteiger partial charge on any atom is -0.496 e. The minimum absolute atomic E-state index is 0.222. The van der Waals surface area contributed by atoms with Gasteiger partial charge < -0.3 is 29.0 Å². The molecule has 0 saturated carbocycles. The first-order valence-corrected chi connectivity index (χ1v) is 13.0. The number of aromatic amines is 1. The SMILES string of the molecule is COc1ccc(Br)c2[nH]cc(C(=O)C(=O)N3CCN(C(=O)c4ccccc4OCCOCCN=[N+]=[N-])CC3)c12. The summed E-state index contributed by atoms with van der Waals surface area (Å²) in [7, 11) is 1.51. The molecule has 0 atom stereocenters. The molecule has 1 aliphatic heterocycles. The van der Waals surface area contributed by atoms with Crippen LogP contribution < -0.4 is 9.47 Å². The van der Waals surface area contributed by atoms with Crippen LogP contribution in [0.3, 0.4) is 0 Å². The highest BCUT2D eigenvalue weighted by atomic mass is 79.9. The van der Waals surface area contributed by atoms with E-state index in [0.717, 1.165) is 4.47 Å². The standard InChI is InChI=1S/C26H27BrN6O6/c1-37-21-7-6-19(27)23-22(21)18(16-29-23)24(34)26(36)33-11-9-32(10-12-33)25(35)17-4-2-3-5-20(17)39-15-14-38-13-8-30-31-28/h2-7,16,29H,8-15H2,1H3. The summed E-state index contributed by atoms with van der Waals surface area (Å²) in [5.41, 5.74) is 9.58. The fraction of sp³-hybridized carbons (Fsp3) is 0.346. The van der Waals surface area contributed by atoms with Gasteiger partial charge in [-0.25, -0.2) is 0 Å². The zero-order chi connectivity index (χ0) is 27.8. The molecule has 2 amide bonds. The van der Waals surface area contributed by atoms with Gasteiger partial charge >= 0.3 is 0 Å². The molecule has 0 spiro atoms. The predicted octanol–water partition coefficient (Wildman–Crippen LogP) is 3.81. The van der Waals surface area contributed by atoms with Crippen molar-refractivity contribution in [3.63, 3.8) is 0 Å². The van der Waals surface area contributed by atoms with Crippen LogP contribution in [0.15, 0.2) is 52.2 Å². The number of benzene rings is 2. The summed E-state index contributed by atoms with van der Waals surface area (Å²) in [4.78, 5) is 48.3. The predicted molar refractivity (Wildman–Crippen MR) is 146 cm³/mol. The van der Waals surface area contributed by atoms with Gasteiger partial charge in [-0.3, -0.25) is 14.4 Å². The number of piperazine rings is 1. The second-order valence-electron chi connectivity index (χ2n) is 8.53. The Bertz CT molecular complexity index is 1410. The number of Topliss-reactive ketones (excluding diaryl/α,β-unsaturated/α-hetero) is 1. The molecule has 1 fully saturated rings. The van der Waals surface area contributed by atoms with Crippen molar-refractivity contribution in [1.82, 2.24) is 14.8 Å². The van der Waals surface area contributed by atoms with Gasteiger partial charge in [0.05, 0.1) is 42.4 Å². The minimum atomic E-state index is -0.641. The molecule has 0 unspecified atom stereocenters. The van der Waals surface area contributed by atoms with E-state index in [1.165, 1.54) is 18.2 Å². The molecule has 1 aliphatic rings. The lowest BCUT2D eigenvalue weighted by Gasteiger charge is -2.34. The van der Waals surface area contributed by atoms with Crippen molar-refractivity contribution in [3.8, 4) is 11.5 Å². The Morgan fingerprint density at radius 3 is 2.49 bits per heavy atom. The Kier molecular flexibility index (Phi) is 9.42. The Labute approximate surface area is 232 Å². The molecule has 0 bridgehead atoms. The second kappa shape index (κ2) is 13.1. The average molecular weight is 599 g/mol. The third-order valence-corrected chi connectivity index (χ3v) is 6.92. The van der Waals surface area contributed by atoms with Crippen molar-refractivity contribution in [2.45, 2.75) is 0 Å². The van der Waals surface area contributed by atoms with Gasteiger partial charge in [0, 0.05) is 48.3 Å². The molecular formula is C26H27BrN6O6. The van der Waals surface area contributed by atoms with Crippen LogP contribution in [0.5, 0.6) is 11.5 Å². The molecule has 1 aromatic heterocycles. The van der Waals surface area contributed by atoms with E-state index >= 15 is 0 Å². The van der Waals surface area contributed by atoms with E-state index in [-0.39, 0.29) is 64.0 Å². The summed E-state index contributed by atoms with van der Waals surface area (Å²) in [6.45, 7) is 2.01. The van der Waals surface area contributed by atoms with Crippen LogP contribution in [0, 0.1) is 0 Å². The molecule has 12 nitrogen and oxygen atoms in total. The zero-order valence-electron chi connectivity index (χ0n) is 21.3. The first kappa shape index (κ1) is 28.0. The zero-order valence-corrected chi connectivity index (χ0v) is 22.8. The number of ether oxygens (including phenoxy) is 3. The number of rotatable bonds is 11. The number of carbonyl (C=O) groups excluding carboxylic acids is 3. The highest BCUT2D eigenvalue weighted by molar-refractivity contribution is 9.10. The number of hydrogen-bond acceptors (Lipinski definition) is 7. The van der Waals surface area contributed by atoms with E-state index in [2.05, 4.69) is 30.9 Å². The maximum Gasteiger partial charge on any atom is 0.295 e. The lowest BCUT2D eigenvalue weighted by molar-refractivity contribution is -0.127. The van der Waals surface area contributed by atoms with Gasteiger partial charge in [-0.1, -0.05) is 17.2 Å². The number of azide groups is 1. The number of para-hydroxylation sites is 1. The Hall–Kier alpha value is -4.06. The van der Waals surface area contributed by atoms with Gasteiger partial charge in [0.2, 0.25) is 0 Å². The number of nitrogens with one attached hydrogen (secondary N) is 1. The fourth-order valence-corrected chi connectivity index (χ4v) is 4.75. The Morgan fingerprint density at radius 1 is 1.00 bits per heavy atom. The first-order valence-electron chi connectivity index (χ1n) is 12.2. The van der Waals surface area contributed by atoms with Crippen LogP contribution >= 0.6 is 15.9 Å². The van der Waals surface area contributed by atoms with E-state index in [4.69, 9.17) is 19.7 Å². The lowest BCUT2D eigenvalue weighted by Crippen LogP contribution is -2.52. The molecule has 0 aliphatic carbocycles. The number of fused-ring (bicyclic) bond motifs is 1. The largest absolute Gasteiger partial charge is 0.496 e. The van der Waals surface area contributed by atoms with Crippen molar-refractivity contribution in [2.75, 3.05) is 59.7 Å². The number of H-pyrrole nitrogens is 1. The van der Waals surface area contributed by atoms with E-state index in [1.807, 2.05) is 0 Å². The molecule has 1 saturated heterocycles. The number of carbonyl (C=O) groups is 3. The van der Waals surface area contributed by atoms with Crippen molar-refractivity contribution >= 4 is 44.4 Å². The topological polar surface area (TPSA) is 150 Å². The van der Waals surface area contributed by atoms with Crippen LogP contribution in [-0.2, 0) is 9.53 Å². The van der Waals surface area contributed by atoms with Crippen LogP contribution in [0.4, 0.5) is 0 Å². The fourth-order valence-electron chi connectivity index (χ4n) is 4.31. The highest BCUT2D eigenvalue weighted by Crippen LogP contribution is 2.34. The third-order valence-electron chi connectivity index (χ3n) is 6.26. The summed E-state index contributed by atoms with van der Waals surface area (Å²) in [6, 6.07) is 10.4. The van der Waals surface area contributed by atoms with Crippen LogP contribution in [-0.4, -0.2) is 92.0 Å². The number of aromatic nitrogens is 1. The van der Waals surface area contributed by atoms with Gasteiger partial charge in [-0.05, 0) is 45.7 Å². The summed E-state index contributed by atoms with van der Waals surface area (Å²) in [5, 5.41) is 3.93. The molecule has 13 heteroatoms. The highest BCUT2D eigenvalue weighted by Gasteiger charge is 2.31. The van der Waals surface area contributed by atoms with Crippen molar-refractivity contribution in [3.05, 3.63) is 68.6 Å². The lowest BCUT2D eigenvalue weighted by atomic mass is 10.1. The van der Waals surface area contributed by atoms with Gasteiger partial charge in [-0.15, -0.1) is 0 Å². The molecule has 4 rings (SSSR count). The van der Waals surface area contributed by atoms with E-state index in [9.17, 15) is 14.4 Å². The maximum absolute atomic E-state index is 13.2. The molecule has 3 aromatic rings. The van der Waals surface area contributed by atoms with E-state index < -0.39 is 11.7 Å². The maximum atomic E-state index is 13.2. The van der Waals surface area contributed by atoms with Crippen molar-refractivity contribution in [1.29, 1.82) is 0 Å². The number of halogens is 1. The summed E-state index contributed by atoms with van der Waals surface area (Å²) in [5.74, 6) is -0.581. The number of amides is 2. The molecular weight excluding hydrogens is 572 g/mol. The van der Waals surface area contributed by atoms with E-state index in [1.54, 1.807) is 41.3 Å². The van der Waals surface area contributed by atoms with Gasteiger partial charge in [0.1, 0.15) is 18.1 Å². The van der Waals surface area contributed by atoms with Crippen molar-refractivity contribution < 1.29 is 28.6 Å². The monoisotopic (exact) mass is 598 g/mol. The second-order valence-corrected chi connectivity index (χ2v) is 9.38. The van der Waals surface area contributed by atoms with Crippen LogP contribution in [0.2, 0.25) is 0 Å². The van der Waals surface area contributed by atoms with E-state index in [0.29, 0.717) is 28.0 Å². The molecule has 204 valence electrons. The Balaban J connectivity index is 1.35. The number of ketones is 1. The average Bonchev–Trinajstić information content (AvgIpc) is 3.42. The molecule has 2 aromatic carbocycles. The van der Waals surface area contributed by atoms with Crippen LogP contribution in [0.1, 0.15) is 20.7 Å². The number of methoxy groups -OCH3 is 1. The molecule has 0 radical (unpaired) electrons. The first-order chi connectivity index (χ1) is 19.0. The third kappa shape index (κ3) is 6.33. The van der Waals surface area contributed by atoms with Gasteiger partial charge in [0.15, 0.2) is 0 Å². The summed E-state index contributed by atoms with van der Waals surface area (Å²) >= 11 is 3.45. The quantitative estimate of drug-likeness (QED) is 0.0885. The molecule has 39 heavy (non-hydrogen) atoms. The van der Waals surface area contributed by atoms with Gasteiger partial charge in [0.25, 0.3) is 17.6 Å². The Morgan fingerprint density at radius 2 is 1.74 bits per heavy atom.